The molecule has 3 heteroatoms. The van der Waals surface area contributed by atoms with Crippen molar-refractivity contribution < 1.29 is 14.2 Å². The summed E-state index contributed by atoms with van der Waals surface area (Å²) in [5.74, 6) is 0.976. The van der Waals surface area contributed by atoms with Gasteiger partial charge in [-0.25, -0.2) is 0 Å². The average Bonchev–Trinajstić information content (AvgIpc) is 3.18. The van der Waals surface area contributed by atoms with Crippen molar-refractivity contribution in [1.82, 2.24) is 0 Å². The van der Waals surface area contributed by atoms with Crippen LogP contribution in [0.3, 0.4) is 0 Å². The number of methoxy groups -OCH3 is 1. The quantitative estimate of drug-likeness (QED) is 0.719. The third-order valence-corrected chi connectivity index (χ3v) is 4.73. The second-order valence-corrected chi connectivity index (χ2v) is 5.54. The van der Waals surface area contributed by atoms with Crippen molar-refractivity contribution in [2.24, 2.45) is 0 Å². The summed E-state index contributed by atoms with van der Waals surface area (Å²) >= 11 is 0. The molecule has 4 aliphatic rings. The second kappa shape index (κ2) is 3.11. The Bertz CT molecular complexity index is 618. The van der Waals surface area contributed by atoms with Gasteiger partial charge in [-0.15, -0.1) is 0 Å². The minimum atomic E-state index is 0.0575. The van der Waals surface area contributed by atoms with Gasteiger partial charge in [0, 0.05) is 11.1 Å². The molecule has 96 valence electrons. The van der Waals surface area contributed by atoms with Gasteiger partial charge in [-0.3, -0.25) is 0 Å². The molecule has 4 bridgehead atoms. The van der Waals surface area contributed by atoms with Gasteiger partial charge < -0.3 is 14.2 Å². The molecule has 0 saturated carbocycles. The van der Waals surface area contributed by atoms with Crippen molar-refractivity contribution in [3.05, 3.63) is 52.1 Å². The van der Waals surface area contributed by atoms with Gasteiger partial charge in [-0.05, 0) is 23.6 Å². The summed E-state index contributed by atoms with van der Waals surface area (Å²) in [5, 5.41) is 0. The molecule has 4 aliphatic heterocycles. The van der Waals surface area contributed by atoms with Gasteiger partial charge in [0.2, 0.25) is 0 Å². The lowest BCUT2D eigenvalue weighted by molar-refractivity contribution is 0.0819. The van der Waals surface area contributed by atoms with Crippen LogP contribution in [-0.2, 0) is 9.47 Å². The zero-order valence-electron chi connectivity index (χ0n) is 10.8. The van der Waals surface area contributed by atoms with Gasteiger partial charge in [0.15, 0.2) is 0 Å². The van der Waals surface area contributed by atoms with Crippen molar-refractivity contribution in [2.75, 3.05) is 7.11 Å². The number of hydrogen-bond donors (Lipinski definition) is 0. The van der Waals surface area contributed by atoms with Crippen LogP contribution in [0.4, 0.5) is 0 Å². The molecule has 4 atom stereocenters. The predicted octanol–water partition coefficient (Wildman–Crippen LogP) is 3.37. The first-order chi connectivity index (χ1) is 9.29. The first-order valence-corrected chi connectivity index (χ1v) is 6.71. The lowest BCUT2D eigenvalue weighted by Gasteiger charge is -2.22. The number of hydrogen-bond acceptors (Lipinski definition) is 3. The van der Waals surface area contributed by atoms with Crippen LogP contribution in [-0.4, -0.2) is 7.11 Å². The summed E-state index contributed by atoms with van der Waals surface area (Å²) in [6.07, 6.45) is 8.87. The summed E-state index contributed by atoms with van der Waals surface area (Å²) < 4.78 is 17.7. The summed E-state index contributed by atoms with van der Waals surface area (Å²) in [6.45, 7) is 2.19. The molecule has 0 N–H and O–H groups in total. The maximum absolute atomic E-state index is 5.98. The van der Waals surface area contributed by atoms with Crippen LogP contribution in [0, 0.1) is 6.92 Å². The molecule has 0 spiro atoms. The van der Waals surface area contributed by atoms with E-state index in [9.17, 15) is 0 Å². The topological polar surface area (TPSA) is 27.7 Å². The van der Waals surface area contributed by atoms with E-state index >= 15 is 0 Å². The predicted molar refractivity (Wildman–Crippen MR) is 69.1 cm³/mol. The monoisotopic (exact) mass is 254 g/mol. The highest BCUT2D eigenvalue weighted by Crippen LogP contribution is 2.59. The average molecular weight is 254 g/mol. The van der Waals surface area contributed by atoms with E-state index in [4.69, 9.17) is 14.2 Å². The van der Waals surface area contributed by atoms with Gasteiger partial charge >= 0.3 is 0 Å². The molecule has 0 saturated heterocycles. The van der Waals surface area contributed by atoms with Crippen LogP contribution < -0.4 is 4.74 Å². The highest BCUT2D eigenvalue weighted by molar-refractivity contribution is 5.66. The molecule has 0 amide bonds. The number of rotatable bonds is 1. The van der Waals surface area contributed by atoms with Crippen molar-refractivity contribution in [1.29, 1.82) is 0 Å². The fraction of sp³-hybridized carbons (Fsp3) is 0.375. The van der Waals surface area contributed by atoms with Crippen LogP contribution >= 0.6 is 0 Å². The Hall–Kier alpha value is -1.58. The van der Waals surface area contributed by atoms with Crippen LogP contribution in [0.1, 0.15) is 52.2 Å². The minimum absolute atomic E-state index is 0.0575. The molecular formula is C16H14O3. The van der Waals surface area contributed by atoms with Crippen LogP contribution in [0.25, 0.3) is 0 Å². The standard InChI is InChI=1S/C16H14O3/c1-7-12-8-3-5-10(18-8)14(12)16(17-2)15-11-6-4-9(19-11)13(7)15/h3-6,8-11H,1-2H3/t8-,9+,10-,11-/m0/s1. The molecule has 0 fully saturated rings. The Morgan fingerprint density at radius 3 is 1.63 bits per heavy atom. The zero-order chi connectivity index (χ0) is 12.7. The van der Waals surface area contributed by atoms with E-state index in [-0.39, 0.29) is 24.4 Å². The molecule has 1 aromatic carbocycles. The molecule has 0 aliphatic carbocycles. The van der Waals surface area contributed by atoms with E-state index in [1.54, 1.807) is 7.11 Å². The second-order valence-electron chi connectivity index (χ2n) is 5.54. The van der Waals surface area contributed by atoms with E-state index in [2.05, 4.69) is 31.2 Å². The van der Waals surface area contributed by atoms with Gasteiger partial charge in [0.25, 0.3) is 0 Å². The Balaban J connectivity index is 1.89. The van der Waals surface area contributed by atoms with Crippen LogP contribution in [0.5, 0.6) is 5.75 Å². The summed E-state index contributed by atoms with van der Waals surface area (Å²) in [5.41, 5.74) is 6.35. The lowest BCUT2D eigenvalue weighted by Crippen LogP contribution is -2.08. The number of ether oxygens (including phenoxy) is 3. The largest absolute Gasteiger partial charge is 0.496 e. The highest BCUT2D eigenvalue weighted by atomic mass is 16.5. The zero-order valence-corrected chi connectivity index (χ0v) is 10.8. The molecule has 3 nitrogen and oxygen atoms in total. The molecule has 1 aromatic rings. The van der Waals surface area contributed by atoms with Crippen LogP contribution in [0.2, 0.25) is 0 Å². The molecular weight excluding hydrogens is 240 g/mol. The van der Waals surface area contributed by atoms with E-state index in [0.29, 0.717) is 0 Å². The smallest absolute Gasteiger partial charge is 0.131 e. The Kier molecular flexibility index (Phi) is 1.68. The normalized spacial score (nSPS) is 35.1. The van der Waals surface area contributed by atoms with E-state index in [1.807, 2.05) is 0 Å². The van der Waals surface area contributed by atoms with Crippen molar-refractivity contribution in [3.8, 4) is 5.75 Å². The van der Waals surface area contributed by atoms with Gasteiger partial charge in [-0.1, -0.05) is 24.3 Å². The first-order valence-electron chi connectivity index (χ1n) is 6.71. The summed E-state index contributed by atoms with van der Waals surface area (Å²) in [6, 6.07) is 0. The van der Waals surface area contributed by atoms with E-state index in [0.717, 1.165) is 5.75 Å². The Labute approximate surface area is 111 Å². The van der Waals surface area contributed by atoms with Crippen molar-refractivity contribution in [3.63, 3.8) is 0 Å². The van der Waals surface area contributed by atoms with E-state index < -0.39 is 0 Å². The lowest BCUT2D eigenvalue weighted by atomic mass is 9.82. The molecule has 0 unspecified atom stereocenters. The fourth-order valence-electron chi connectivity index (χ4n) is 4.02. The number of fused-ring (bicyclic) bond motifs is 10. The van der Waals surface area contributed by atoms with Crippen LogP contribution in [0.15, 0.2) is 24.3 Å². The molecule has 4 heterocycles. The Morgan fingerprint density at radius 2 is 1.21 bits per heavy atom. The molecule has 0 radical (unpaired) electrons. The van der Waals surface area contributed by atoms with E-state index in [1.165, 1.54) is 27.8 Å². The fourth-order valence-corrected chi connectivity index (χ4v) is 4.02. The van der Waals surface area contributed by atoms with Crippen molar-refractivity contribution in [2.45, 2.75) is 31.3 Å². The van der Waals surface area contributed by atoms with Gasteiger partial charge in [-0.2, -0.15) is 0 Å². The minimum Gasteiger partial charge on any atom is -0.496 e. The third-order valence-electron chi connectivity index (χ3n) is 4.73. The SMILES string of the molecule is COc1c2c(c(C)c3c1[C@@H]1C=C[C@H]3O1)[C@@H]1C=C[C@@H]2O1. The Morgan fingerprint density at radius 1 is 0.789 bits per heavy atom. The summed E-state index contributed by atoms with van der Waals surface area (Å²) in [7, 11) is 1.75. The molecule has 19 heavy (non-hydrogen) atoms. The molecule has 5 rings (SSSR count). The van der Waals surface area contributed by atoms with Gasteiger partial charge in [0.1, 0.15) is 30.2 Å². The first kappa shape index (κ1) is 10.2. The van der Waals surface area contributed by atoms with Crippen molar-refractivity contribution >= 4 is 0 Å². The summed E-state index contributed by atoms with van der Waals surface area (Å²) in [4.78, 5) is 0. The van der Waals surface area contributed by atoms with Gasteiger partial charge in [0.05, 0.1) is 7.11 Å². The number of benzene rings is 1. The maximum Gasteiger partial charge on any atom is 0.131 e. The molecule has 0 aromatic heterocycles. The highest BCUT2D eigenvalue weighted by Gasteiger charge is 2.46. The third kappa shape index (κ3) is 1.00. The maximum atomic E-state index is 5.98.